The number of piperazine rings is 1. The Balaban J connectivity index is 1.35. The fourth-order valence-electron chi connectivity index (χ4n) is 5.85. The van der Waals surface area contributed by atoms with Crippen molar-refractivity contribution in [3.05, 3.63) is 83.7 Å². The van der Waals surface area contributed by atoms with E-state index in [0.29, 0.717) is 23.3 Å². The molecular weight excluding hydrogens is 528 g/mol. The van der Waals surface area contributed by atoms with Crippen LogP contribution in [0.2, 0.25) is 0 Å². The Morgan fingerprint density at radius 2 is 1.62 bits per heavy atom. The van der Waals surface area contributed by atoms with E-state index < -0.39 is 6.35 Å². The van der Waals surface area contributed by atoms with E-state index >= 15 is 0 Å². The maximum absolute atomic E-state index is 12.0. The number of nitrogens with one attached hydrogen (secondary N) is 1. The third-order valence-corrected chi connectivity index (χ3v) is 8.26. The molecule has 2 atom stereocenters. The van der Waals surface area contributed by atoms with Crippen molar-refractivity contribution in [1.82, 2.24) is 19.9 Å². The number of aromatic nitrogens is 3. The largest absolute Gasteiger partial charge is 0.495 e. The summed E-state index contributed by atoms with van der Waals surface area (Å²) in [7, 11) is 3.77. The molecule has 10 heteroatoms. The zero-order chi connectivity index (χ0) is 29.4. The van der Waals surface area contributed by atoms with Gasteiger partial charge in [-0.1, -0.05) is 18.2 Å². The van der Waals surface area contributed by atoms with E-state index in [2.05, 4.69) is 84.3 Å². The van der Waals surface area contributed by atoms with Gasteiger partial charge in [-0.15, -0.1) is 0 Å². The van der Waals surface area contributed by atoms with Gasteiger partial charge in [0.05, 0.1) is 19.3 Å². The van der Waals surface area contributed by atoms with Gasteiger partial charge in [-0.2, -0.15) is 4.98 Å². The van der Waals surface area contributed by atoms with Crippen LogP contribution in [0.1, 0.15) is 29.7 Å². The number of likely N-dealkylation sites (N-methyl/N-ethyl adjacent to an activating group) is 1. The molecule has 4 heterocycles. The van der Waals surface area contributed by atoms with Gasteiger partial charge < -0.3 is 29.9 Å². The average molecular weight is 567 g/mol. The lowest BCUT2D eigenvalue weighted by Gasteiger charge is -2.47. The summed E-state index contributed by atoms with van der Waals surface area (Å²) < 4.78 is 5.33. The molecule has 6 rings (SSSR count). The molecule has 0 amide bonds. The second-order valence-corrected chi connectivity index (χ2v) is 11.0. The number of fused-ring (bicyclic) bond motifs is 1. The summed E-state index contributed by atoms with van der Waals surface area (Å²) in [4.78, 5) is 22.8. The highest BCUT2D eigenvalue weighted by molar-refractivity contribution is 5.72. The van der Waals surface area contributed by atoms with Crippen molar-refractivity contribution in [2.75, 3.05) is 60.4 Å². The fourth-order valence-corrected chi connectivity index (χ4v) is 5.85. The van der Waals surface area contributed by atoms with E-state index in [1.807, 2.05) is 29.3 Å². The van der Waals surface area contributed by atoms with Crippen LogP contribution in [0, 0.1) is 13.8 Å². The molecule has 1 fully saturated rings. The highest BCUT2D eigenvalue weighted by Crippen LogP contribution is 2.44. The molecule has 2 aliphatic heterocycles. The molecule has 0 aliphatic carbocycles. The van der Waals surface area contributed by atoms with Crippen LogP contribution in [0.4, 0.5) is 34.6 Å². The number of ether oxygens (including phenoxy) is 1. The number of para-hydroxylation sites is 1. The molecule has 2 aliphatic rings. The lowest BCUT2D eigenvalue weighted by Crippen LogP contribution is -2.52. The minimum Gasteiger partial charge on any atom is -0.495 e. The monoisotopic (exact) mass is 566 g/mol. The summed E-state index contributed by atoms with van der Waals surface area (Å²) in [6, 6.07) is 18.0. The van der Waals surface area contributed by atoms with Crippen molar-refractivity contribution in [3.63, 3.8) is 0 Å². The maximum atomic E-state index is 12.0. The van der Waals surface area contributed by atoms with Crippen LogP contribution < -0.4 is 24.8 Å². The minimum atomic E-state index is -1.06. The van der Waals surface area contributed by atoms with Gasteiger partial charge in [-0.3, -0.25) is 4.90 Å². The minimum absolute atomic E-state index is 0.193. The second kappa shape index (κ2) is 11.5. The first-order valence-electron chi connectivity index (χ1n) is 14.3. The summed E-state index contributed by atoms with van der Waals surface area (Å²) >= 11 is 0. The molecule has 42 heavy (non-hydrogen) atoms. The molecule has 2 aromatic heterocycles. The van der Waals surface area contributed by atoms with Crippen LogP contribution in [0.5, 0.6) is 5.75 Å². The number of benzene rings is 2. The average Bonchev–Trinajstić information content (AvgIpc) is 3.00. The van der Waals surface area contributed by atoms with E-state index in [1.54, 1.807) is 18.2 Å². The Kier molecular flexibility index (Phi) is 7.57. The van der Waals surface area contributed by atoms with Gasteiger partial charge in [0.25, 0.3) is 0 Å². The normalized spacial score (nSPS) is 19.0. The Morgan fingerprint density at radius 1 is 0.905 bits per heavy atom. The molecular formula is C32H38N8O2. The first kappa shape index (κ1) is 27.7. The van der Waals surface area contributed by atoms with E-state index in [0.717, 1.165) is 54.2 Å². The summed E-state index contributed by atoms with van der Waals surface area (Å²) in [5, 5.41) is 15.3. The predicted octanol–water partition coefficient (Wildman–Crippen LogP) is 4.99. The van der Waals surface area contributed by atoms with E-state index in [1.165, 1.54) is 5.69 Å². The zero-order valence-corrected chi connectivity index (χ0v) is 24.8. The van der Waals surface area contributed by atoms with Crippen molar-refractivity contribution >= 4 is 34.6 Å². The van der Waals surface area contributed by atoms with Gasteiger partial charge in [0, 0.05) is 55.0 Å². The van der Waals surface area contributed by atoms with Gasteiger partial charge in [-0.25, -0.2) is 9.97 Å². The highest BCUT2D eigenvalue weighted by Gasteiger charge is 2.40. The number of hydrogen-bond donors (Lipinski definition) is 2. The van der Waals surface area contributed by atoms with Crippen LogP contribution in [-0.4, -0.2) is 71.6 Å². The quantitative estimate of drug-likeness (QED) is 0.333. The van der Waals surface area contributed by atoms with E-state index in [-0.39, 0.29) is 6.04 Å². The van der Waals surface area contributed by atoms with Crippen molar-refractivity contribution in [1.29, 1.82) is 0 Å². The molecule has 2 N–H and O–H groups in total. The first-order valence-corrected chi connectivity index (χ1v) is 14.3. The number of aryl methyl sites for hydroxylation is 2. The number of rotatable bonds is 6. The van der Waals surface area contributed by atoms with E-state index in [9.17, 15) is 5.11 Å². The molecule has 2 unspecified atom stereocenters. The first-order chi connectivity index (χ1) is 20.3. The van der Waals surface area contributed by atoms with Crippen molar-refractivity contribution < 1.29 is 9.84 Å². The fraction of sp³-hybridized carbons (Fsp3) is 0.344. The molecule has 2 aromatic carbocycles. The molecule has 0 spiro atoms. The van der Waals surface area contributed by atoms with Gasteiger partial charge in [-0.05, 0) is 75.3 Å². The summed E-state index contributed by atoms with van der Waals surface area (Å²) in [6.07, 6.45) is 2.43. The topological polar surface area (TPSA) is 93.1 Å². The number of pyridine rings is 1. The molecule has 10 nitrogen and oxygen atoms in total. The standard InChI is InChI=1S/C32H38N8O2/c1-21-7-6-8-22(2)29(21)39-23(3)27-20-34-31(35-24-9-11-25(12-10-24)38-17-15-37(4)16-18-38)36-30(27)40(32(39)41)28-14-13-26(42-5)19-33-28/h6-14,19-20,23,32,41H,15-18H2,1-5H3,(H,34,35,36). The second-order valence-electron chi connectivity index (χ2n) is 11.0. The van der Waals surface area contributed by atoms with Gasteiger partial charge in [0.2, 0.25) is 12.3 Å². The molecule has 1 saturated heterocycles. The van der Waals surface area contributed by atoms with Gasteiger partial charge in [0.15, 0.2) is 0 Å². The number of nitrogens with zero attached hydrogens (tertiary/aromatic N) is 7. The SMILES string of the molecule is COc1ccc(N2c3nc(Nc4ccc(N5CCN(C)CC5)cc4)ncc3C(C)N(c3c(C)cccc3C)C2O)nc1. The van der Waals surface area contributed by atoms with Crippen molar-refractivity contribution in [2.45, 2.75) is 33.2 Å². The van der Waals surface area contributed by atoms with Crippen LogP contribution >= 0.6 is 0 Å². The third kappa shape index (κ3) is 5.19. The van der Waals surface area contributed by atoms with Gasteiger partial charge >= 0.3 is 0 Å². The van der Waals surface area contributed by atoms with Crippen LogP contribution in [0.3, 0.4) is 0 Å². The molecule has 0 saturated carbocycles. The summed E-state index contributed by atoms with van der Waals surface area (Å²) in [6.45, 7) is 10.4. The Hall–Kier alpha value is -4.41. The van der Waals surface area contributed by atoms with Crippen molar-refractivity contribution in [2.24, 2.45) is 0 Å². The smallest absolute Gasteiger partial charge is 0.229 e. The number of anilines is 6. The van der Waals surface area contributed by atoms with Crippen LogP contribution in [0.25, 0.3) is 0 Å². The van der Waals surface area contributed by atoms with Crippen molar-refractivity contribution in [3.8, 4) is 5.75 Å². The molecule has 0 radical (unpaired) electrons. The number of methoxy groups -OCH3 is 1. The Bertz CT molecular complexity index is 1520. The summed E-state index contributed by atoms with van der Waals surface area (Å²) in [5.41, 5.74) is 6.11. The maximum Gasteiger partial charge on any atom is 0.229 e. The lowest BCUT2D eigenvalue weighted by atomic mass is 10.0. The Morgan fingerprint density at radius 3 is 2.26 bits per heavy atom. The molecule has 218 valence electrons. The summed E-state index contributed by atoms with van der Waals surface area (Å²) in [5.74, 6) is 2.23. The third-order valence-electron chi connectivity index (χ3n) is 8.26. The predicted molar refractivity (Wildman–Crippen MR) is 167 cm³/mol. The highest BCUT2D eigenvalue weighted by atomic mass is 16.5. The number of hydrogen-bond acceptors (Lipinski definition) is 10. The lowest BCUT2D eigenvalue weighted by molar-refractivity contribution is 0.156. The zero-order valence-electron chi connectivity index (χ0n) is 24.8. The van der Waals surface area contributed by atoms with Crippen LogP contribution in [0.15, 0.2) is 67.0 Å². The molecule has 4 aromatic rings. The number of aliphatic hydroxyl groups is 1. The number of aliphatic hydroxyl groups excluding tert-OH is 1. The Labute approximate surface area is 247 Å². The van der Waals surface area contributed by atoms with E-state index in [4.69, 9.17) is 14.7 Å². The van der Waals surface area contributed by atoms with Gasteiger partial charge in [0.1, 0.15) is 17.4 Å². The van der Waals surface area contributed by atoms with Crippen LogP contribution in [-0.2, 0) is 0 Å². The molecule has 0 bridgehead atoms.